The fourth-order valence-electron chi connectivity index (χ4n) is 2.04. The number of ketones is 1. The van der Waals surface area contributed by atoms with Crippen molar-refractivity contribution in [2.45, 2.75) is 26.1 Å². The second-order valence-corrected chi connectivity index (χ2v) is 3.81. The number of rotatable bonds is 0. The van der Waals surface area contributed by atoms with E-state index in [1.807, 2.05) is 19.9 Å². The van der Waals surface area contributed by atoms with Gasteiger partial charge < -0.3 is 9.47 Å². The van der Waals surface area contributed by atoms with Gasteiger partial charge in [0.15, 0.2) is 11.6 Å². The standard InChI is InChI=1S/C10H14O3/c1-7-5-10(12-3-4-13-10)6-8(2)9(7)11/h5,8H,3-4,6H2,1-2H3/t8-/m1/s1. The third kappa shape index (κ3) is 1.42. The summed E-state index contributed by atoms with van der Waals surface area (Å²) >= 11 is 0. The molecule has 3 heteroatoms. The van der Waals surface area contributed by atoms with E-state index in [1.54, 1.807) is 0 Å². The van der Waals surface area contributed by atoms with Crippen molar-refractivity contribution < 1.29 is 14.3 Å². The lowest BCUT2D eigenvalue weighted by Gasteiger charge is -2.31. The van der Waals surface area contributed by atoms with Gasteiger partial charge in [-0.3, -0.25) is 4.79 Å². The van der Waals surface area contributed by atoms with Gasteiger partial charge in [-0.25, -0.2) is 0 Å². The molecule has 0 aromatic carbocycles. The van der Waals surface area contributed by atoms with Crippen LogP contribution in [-0.2, 0) is 14.3 Å². The lowest BCUT2D eigenvalue weighted by atomic mass is 9.86. The molecule has 1 atom stereocenters. The highest BCUT2D eigenvalue weighted by molar-refractivity contribution is 5.97. The smallest absolute Gasteiger partial charge is 0.189 e. The number of ether oxygens (including phenoxy) is 2. The van der Waals surface area contributed by atoms with Gasteiger partial charge in [-0.2, -0.15) is 0 Å². The molecule has 0 saturated carbocycles. The number of Topliss-reactive ketones (excluding diaryl/α,β-unsaturated/α-hetero) is 1. The summed E-state index contributed by atoms with van der Waals surface area (Å²) in [6.07, 6.45) is 2.48. The molecule has 1 aliphatic carbocycles. The molecule has 0 unspecified atom stereocenters. The first-order valence-electron chi connectivity index (χ1n) is 4.64. The van der Waals surface area contributed by atoms with Crippen molar-refractivity contribution in [3.8, 4) is 0 Å². The number of carbonyl (C=O) groups excluding carboxylic acids is 1. The van der Waals surface area contributed by atoms with Crippen molar-refractivity contribution >= 4 is 5.78 Å². The van der Waals surface area contributed by atoms with E-state index in [1.165, 1.54) is 0 Å². The molecular weight excluding hydrogens is 168 g/mol. The largest absolute Gasteiger partial charge is 0.344 e. The normalized spacial score (nSPS) is 32.3. The van der Waals surface area contributed by atoms with Gasteiger partial charge in [0.25, 0.3) is 0 Å². The maximum absolute atomic E-state index is 11.5. The molecule has 3 nitrogen and oxygen atoms in total. The van der Waals surface area contributed by atoms with Crippen LogP contribution in [0.2, 0.25) is 0 Å². The highest BCUT2D eigenvalue weighted by atomic mass is 16.7. The Hall–Kier alpha value is -0.670. The van der Waals surface area contributed by atoms with E-state index in [4.69, 9.17) is 9.47 Å². The van der Waals surface area contributed by atoms with Crippen molar-refractivity contribution in [1.29, 1.82) is 0 Å². The van der Waals surface area contributed by atoms with Crippen LogP contribution in [-0.4, -0.2) is 24.8 Å². The molecule has 13 heavy (non-hydrogen) atoms. The Bertz CT molecular complexity index is 261. The summed E-state index contributed by atoms with van der Waals surface area (Å²) in [5, 5.41) is 0. The molecular formula is C10H14O3. The molecule has 0 bridgehead atoms. The van der Waals surface area contributed by atoms with Crippen molar-refractivity contribution in [2.24, 2.45) is 5.92 Å². The third-order valence-corrected chi connectivity index (χ3v) is 2.64. The lowest BCUT2D eigenvalue weighted by Crippen LogP contribution is -2.37. The molecule has 0 N–H and O–H groups in total. The van der Waals surface area contributed by atoms with Gasteiger partial charge >= 0.3 is 0 Å². The Kier molecular flexibility index (Phi) is 2.00. The van der Waals surface area contributed by atoms with Gasteiger partial charge in [-0.1, -0.05) is 6.92 Å². The van der Waals surface area contributed by atoms with Crippen LogP contribution in [0.3, 0.4) is 0 Å². The molecule has 1 fully saturated rings. The average Bonchev–Trinajstić information content (AvgIpc) is 2.49. The quantitative estimate of drug-likeness (QED) is 0.566. The Labute approximate surface area is 77.7 Å². The van der Waals surface area contributed by atoms with E-state index in [2.05, 4.69) is 0 Å². The Morgan fingerprint density at radius 2 is 2.08 bits per heavy atom. The number of hydrogen-bond donors (Lipinski definition) is 0. The highest BCUT2D eigenvalue weighted by Gasteiger charge is 2.41. The van der Waals surface area contributed by atoms with Gasteiger partial charge in [-0.15, -0.1) is 0 Å². The second kappa shape index (κ2) is 2.93. The van der Waals surface area contributed by atoms with E-state index in [-0.39, 0.29) is 11.7 Å². The van der Waals surface area contributed by atoms with Crippen LogP contribution < -0.4 is 0 Å². The minimum atomic E-state index is -0.586. The first-order chi connectivity index (χ1) is 6.13. The molecule has 2 rings (SSSR count). The zero-order valence-corrected chi connectivity index (χ0v) is 8.00. The molecule has 1 saturated heterocycles. The zero-order valence-electron chi connectivity index (χ0n) is 8.00. The molecule has 0 radical (unpaired) electrons. The zero-order chi connectivity index (χ0) is 9.47. The summed E-state index contributed by atoms with van der Waals surface area (Å²) in [5.74, 6) is -0.356. The maximum Gasteiger partial charge on any atom is 0.189 e. The van der Waals surface area contributed by atoms with Gasteiger partial charge in [0, 0.05) is 12.3 Å². The first-order valence-corrected chi connectivity index (χ1v) is 4.64. The monoisotopic (exact) mass is 182 g/mol. The van der Waals surface area contributed by atoms with E-state index in [0.717, 1.165) is 5.57 Å². The second-order valence-electron chi connectivity index (χ2n) is 3.81. The topological polar surface area (TPSA) is 35.5 Å². The summed E-state index contributed by atoms with van der Waals surface area (Å²) in [6, 6.07) is 0. The number of carbonyl (C=O) groups is 1. The molecule has 1 spiro atoms. The van der Waals surface area contributed by atoms with Crippen LogP contribution in [0.1, 0.15) is 20.3 Å². The molecule has 1 aliphatic heterocycles. The van der Waals surface area contributed by atoms with Crippen LogP contribution in [0.25, 0.3) is 0 Å². The van der Waals surface area contributed by atoms with Crippen molar-refractivity contribution in [3.05, 3.63) is 11.6 Å². The van der Waals surface area contributed by atoms with Crippen LogP contribution in [0.4, 0.5) is 0 Å². The van der Waals surface area contributed by atoms with Crippen molar-refractivity contribution in [2.75, 3.05) is 13.2 Å². The molecule has 0 aromatic heterocycles. The molecule has 72 valence electrons. The Balaban J connectivity index is 2.29. The van der Waals surface area contributed by atoms with Crippen molar-refractivity contribution in [3.63, 3.8) is 0 Å². The van der Waals surface area contributed by atoms with Crippen LogP contribution in [0.15, 0.2) is 11.6 Å². The van der Waals surface area contributed by atoms with Gasteiger partial charge in [0.1, 0.15) is 0 Å². The summed E-state index contributed by atoms with van der Waals surface area (Å²) in [5.41, 5.74) is 0.764. The van der Waals surface area contributed by atoms with Gasteiger partial charge in [0.2, 0.25) is 0 Å². The minimum Gasteiger partial charge on any atom is -0.344 e. The fraction of sp³-hybridized carbons (Fsp3) is 0.700. The van der Waals surface area contributed by atoms with Crippen LogP contribution >= 0.6 is 0 Å². The maximum atomic E-state index is 11.5. The first kappa shape index (κ1) is 8.91. The van der Waals surface area contributed by atoms with Crippen LogP contribution in [0, 0.1) is 5.92 Å². The highest BCUT2D eigenvalue weighted by Crippen LogP contribution is 2.35. The molecule has 0 aromatic rings. The van der Waals surface area contributed by atoms with E-state index in [0.29, 0.717) is 19.6 Å². The molecule has 1 heterocycles. The summed E-state index contributed by atoms with van der Waals surface area (Å²) in [4.78, 5) is 11.5. The predicted molar refractivity (Wildman–Crippen MR) is 47.2 cm³/mol. The Morgan fingerprint density at radius 1 is 1.46 bits per heavy atom. The van der Waals surface area contributed by atoms with Crippen molar-refractivity contribution in [1.82, 2.24) is 0 Å². The average molecular weight is 182 g/mol. The van der Waals surface area contributed by atoms with Gasteiger partial charge in [0.05, 0.1) is 13.2 Å². The number of hydrogen-bond acceptors (Lipinski definition) is 3. The van der Waals surface area contributed by atoms with Gasteiger partial charge in [-0.05, 0) is 18.6 Å². The summed E-state index contributed by atoms with van der Waals surface area (Å²) in [7, 11) is 0. The van der Waals surface area contributed by atoms with Crippen LogP contribution in [0.5, 0.6) is 0 Å². The summed E-state index contributed by atoms with van der Waals surface area (Å²) in [6.45, 7) is 5.01. The SMILES string of the molecule is CC1=CC2(C[C@@H](C)C1=O)OCCO2. The van der Waals surface area contributed by atoms with E-state index in [9.17, 15) is 4.79 Å². The van der Waals surface area contributed by atoms with E-state index < -0.39 is 5.79 Å². The molecule has 0 amide bonds. The fourth-order valence-corrected chi connectivity index (χ4v) is 2.04. The third-order valence-electron chi connectivity index (χ3n) is 2.64. The predicted octanol–water partition coefficient (Wildman–Crippen LogP) is 1.28. The minimum absolute atomic E-state index is 0.0168. The summed E-state index contributed by atoms with van der Waals surface area (Å²) < 4.78 is 11.0. The number of allylic oxidation sites excluding steroid dienone is 1. The lowest BCUT2D eigenvalue weighted by molar-refractivity contribution is -0.146. The Morgan fingerprint density at radius 3 is 2.62 bits per heavy atom. The molecule has 2 aliphatic rings. The van der Waals surface area contributed by atoms with E-state index >= 15 is 0 Å².